The number of hydrogen-bond donors (Lipinski definition) is 3. The second-order valence-electron chi connectivity index (χ2n) is 3.29. The Morgan fingerprint density at radius 1 is 1.44 bits per heavy atom. The highest BCUT2D eigenvalue weighted by Gasteiger charge is 2.07. The first kappa shape index (κ1) is 12.9. The van der Waals surface area contributed by atoms with Gasteiger partial charge in [0.2, 0.25) is 0 Å². The number of nitrogens with two attached hydrogens (primary N) is 1. The van der Waals surface area contributed by atoms with E-state index in [-0.39, 0.29) is 11.5 Å². The van der Waals surface area contributed by atoms with Crippen LogP contribution in [0.1, 0.15) is 0 Å². The van der Waals surface area contributed by atoms with E-state index < -0.39 is 16.0 Å². The summed E-state index contributed by atoms with van der Waals surface area (Å²) in [6, 6.07) is 5.95. The fraction of sp³-hybridized carbons (Fsp3) is 0.333. The molecule has 1 aromatic rings. The van der Waals surface area contributed by atoms with Crippen molar-refractivity contribution >= 4 is 9.84 Å². The molecular weight excluding hydrogens is 232 g/mol. The lowest BCUT2D eigenvalue weighted by Crippen LogP contribution is -2.40. The molecule has 0 aromatic heterocycles. The van der Waals surface area contributed by atoms with Crippen molar-refractivity contribution in [1.82, 2.24) is 5.48 Å². The van der Waals surface area contributed by atoms with E-state index in [4.69, 9.17) is 15.7 Å². The lowest BCUT2D eigenvalue weighted by atomic mass is 10.3. The van der Waals surface area contributed by atoms with Crippen LogP contribution in [0.25, 0.3) is 0 Å². The van der Waals surface area contributed by atoms with Crippen molar-refractivity contribution in [2.45, 2.75) is 11.1 Å². The Morgan fingerprint density at radius 2 is 2.00 bits per heavy atom. The average molecular weight is 246 g/mol. The molecule has 0 fully saturated rings. The molecule has 0 aliphatic rings. The van der Waals surface area contributed by atoms with Crippen LogP contribution in [0.4, 0.5) is 0 Å². The molecule has 0 amide bonds. The Labute approximate surface area is 93.9 Å². The minimum atomic E-state index is -3.19. The highest BCUT2D eigenvalue weighted by Crippen LogP contribution is 2.15. The van der Waals surface area contributed by atoms with Crippen LogP contribution in [0.5, 0.6) is 5.75 Å². The Balaban J connectivity index is 2.66. The summed E-state index contributed by atoms with van der Waals surface area (Å²) in [6.07, 6.45) is 0.448. The summed E-state index contributed by atoms with van der Waals surface area (Å²) in [5, 5.41) is 8.43. The zero-order chi connectivity index (χ0) is 12.2. The summed E-state index contributed by atoms with van der Waals surface area (Å²) < 4.78 is 27.5. The van der Waals surface area contributed by atoms with E-state index in [0.717, 1.165) is 6.26 Å². The maximum Gasteiger partial charge on any atom is 0.175 e. The van der Waals surface area contributed by atoms with Crippen LogP contribution < -0.4 is 16.0 Å². The molecule has 90 valence electrons. The van der Waals surface area contributed by atoms with E-state index in [9.17, 15) is 8.42 Å². The lowest BCUT2D eigenvalue weighted by molar-refractivity contribution is 0.0998. The van der Waals surface area contributed by atoms with E-state index in [1.54, 1.807) is 0 Å². The van der Waals surface area contributed by atoms with Gasteiger partial charge in [0.1, 0.15) is 18.5 Å². The van der Waals surface area contributed by atoms with E-state index >= 15 is 0 Å². The quantitative estimate of drug-likeness (QED) is 0.488. The molecule has 0 aliphatic carbocycles. The molecular formula is C9H14N2O4S. The van der Waals surface area contributed by atoms with Gasteiger partial charge in [-0.3, -0.25) is 0 Å². The highest BCUT2D eigenvalue weighted by atomic mass is 32.2. The van der Waals surface area contributed by atoms with Crippen molar-refractivity contribution in [2.75, 3.05) is 12.9 Å². The third kappa shape index (κ3) is 3.78. The van der Waals surface area contributed by atoms with Crippen LogP contribution in [0, 0.1) is 0 Å². The molecule has 1 atom stereocenters. The first-order valence-corrected chi connectivity index (χ1v) is 6.41. The Bertz CT molecular complexity index is 429. The maximum absolute atomic E-state index is 11.2. The van der Waals surface area contributed by atoms with Crippen molar-refractivity contribution in [2.24, 2.45) is 5.73 Å². The molecule has 0 radical (unpaired) electrons. The van der Waals surface area contributed by atoms with Gasteiger partial charge in [-0.15, -0.1) is 0 Å². The normalized spacial score (nSPS) is 13.4. The molecule has 1 rings (SSSR count). The second-order valence-corrected chi connectivity index (χ2v) is 5.31. The van der Waals surface area contributed by atoms with Gasteiger partial charge in [-0.25, -0.2) is 8.42 Å². The van der Waals surface area contributed by atoms with Crippen molar-refractivity contribution in [1.29, 1.82) is 0 Å². The molecule has 4 N–H and O–H groups in total. The smallest absolute Gasteiger partial charge is 0.175 e. The second kappa shape index (κ2) is 5.26. The summed E-state index contributed by atoms with van der Waals surface area (Å²) >= 11 is 0. The van der Waals surface area contributed by atoms with Gasteiger partial charge in [-0.2, -0.15) is 5.48 Å². The number of rotatable bonds is 5. The van der Waals surface area contributed by atoms with Gasteiger partial charge in [0.15, 0.2) is 9.84 Å². The zero-order valence-corrected chi connectivity index (χ0v) is 9.57. The Kier molecular flexibility index (Phi) is 4.25. The number of sulfone groups is 1. The van der Waals surface area contributed by atoms with Crippen LogP contribution in [-0.4, -0.2) is 32.7 Å². The summed E-state index contributed by atoms with van der Waals surface area (Å²) in [4.78, 5) is 0.226. The number of benzene rings is 1. The molecule has 0 aliphatic heterocycles. The van der Waals surface area contributed by atoms with Gasteiger partial charge in [0.25, 0.3) is 0 Å². The fourth-order valence-electron chi connectivity index (χ4n) is 1.01. The number of hydrogen-bond acceptors (Lipinski definition) is 6. The molecule has 0 saturated carbocycles. The molecule has 0 heterocycles. The largest absolute Gasteiger partial charge is 0.490 e. The van der Waals surface area contributed by atoms with Crippen molar-refractivity contribution < 1.29 is 18.4 Å². The monoisotopic (exact) mass is 246 g/mol. The molecule has 0 bridgehead atoms. The molecule has 1 unspecified atom stereocenters. The summed E-state index contributed by atoms with van der Waals surface area (Å²) in [5.74, 6) is 0.484. The van der Waals surface area contributed by atoms with Gasteiger partial charge in [-0.05, 0) is 24.3 Å². The third-order valence-corrected chi connectivity index (χ3v) is 2.98. The van der Waals surface area contributed by atoms with E-state index in [1.165, 1.54) is 24.3 Å². The highest BCUT2D eigenvalue weighted by molar-refractivity contribution is 7.90. The molecule has 0 saturated heterocycles. The number of nitrogens with one attached hydrogen (secondary N) is 1. The van der Waals surface area contributed by atoms with E-state index in [2.05, 4.69) is 0 Å². The topological polar surface area (TPSA) is 102 Å². The lowest BCUT2D eigenvalue weighted by Gasteiger charge is -2.11. The predicted molar refractivity (Wildman–Crippen MR) is 57.9 cm³/mol. The molecule has 1 aromatic carbocycles. The van der Waals surface area contributed by atoms with Gasteiger partial charge in [0.05, 0.1) is 4.90 Å². The summed E-state index contributed by atoms with van der Waals surface area (Å²) in [7, 11) is -3.19. The summed E-state index contributed by atoms with van der Waals surface area (Å²) in [5.41, 5.74) is 7.17. The minimum absolute atomic E-state index is 0.0781. The van der Waals surface area contributed by atoms with Gasteiger partial charge in [0, 0.05) is 6.26 Å². The standard InChI is InChI=1S/C9H14N2O4S/c1-16(13,14)8-4-2-7(3-5-8)15-6-9(10)11-12/h2-5,9,11-12H,6,10H2,1H3. The SMILES string of the molecule is CS(=O)(=O)c1ccc(OCC(N)NO)cc1. The summed E-state index contributed by atoms with van der Waals surface area (Å²) in [6.45, 7) is 0.0781. The van der Waals surface area contributed by atoms with Crippen LogP contribution >= 0.6 is 0 Å². The van der Waals surface area contributed by atoms with Crippen molar-refractivity contribution in [3.63, 3.8) is 0 Å². The predicted octanol–water partition coefficient (Wildman–Crippen LogP) is -0.267. The van der Waals surface area contributed by atoms with Crippen LogP contribution in [0.2, 0.25) is 0 Å². The van der Waals surface area contributed by atoms with Crippen LogP contribution in [0.3, 0.4) is 0 Å². The molecule has 7 heteroatoms. The van der Waals surface area contributed by atoms with Gasteiger partial charge < -0.3 is 15.7 Å². The first-order chi connectivity index (χ1) is 7.43. The zero-order valence-electron chi connectivity index (χ0n) is 8.75. The average Bonchev–Trinajstić information content (AvgIpc) is 2.25. The molecule has 6 nitrogen and oxygen atoms in total. The maximum atomic E-state index is 11.2. The molecule has 16 heavy (non-hydrogen) atoms. The third-order valence-electron chi connectivity index (χ3n) is 1.85. The fourth-order valence-corrected chi connectivity index (χ4v) is 1.64. The van der Waals surface area contributed by atoms with Crippen molar-refractivity contribution in [3.8, 4) is 5.75 Å². The van der Waals surface area contributed by atoms with Crippen LogP contribution in [-0.2, 0) is 9.84 Å². The Hall–Kier alpha value is -1.15. The Morgan fingerprint density at radius 3 is 2.44 bits per heavy atom. The molecule has 0 spiro atoms. The first-order valence-electron chi connectivity index (χ1n) is 4.51. The van der Waals surface area contributed by atoms with E-state index in [1.807, 2.05) is 5.48 Å². The van der Waals surface area contributed by atoms with Crippen LogP contribution in [0.15, 0.2) is 29.2 Å². The van der Waals surface area contributed by atoms with E-state index in [0.29, 0.717) is 5.75 Å². The minimum Gasteiger partial charge on any atom is -0.490 e. The number of hydroxylamine groups is 1. The number of ether oxygens (including phenoxy) is 1. The van der Waals surface area contributed by atoms with Gasteiger partial charge >= 0.3 is 0 Å². The van der Waals surface area contributed by atoms with Gasteiger partial charge in [-0.1, -0.05) is 0 Å². The van der Waals surface area contributed by atoms with Crippen molar-refractivity contribution in [3.05, 3.63) is 24.3 Å².